The Morgan fingerprint density at radius 3 is 2.00 bits per heavy atom. The maximum atomic E-state index is 5.74. The zero-order valence-electron chi connectivity index (χ0n) is 6.59. The lowest BCUT2D eigenvalue weighted by Crippen LogP contribution is -2.25. The standard InChI is InChI=1S/C8H17N/c1-5-4-8(5)6(2)7(3)9/h5-8H,4,9H2,1-3H3/t5-,6?,7?,8?/m1/s1. The fourth-order valence-electron chi connectivity index (χ4n) is 1.47. The predicted molar refractivity (Wildman–Crippen MR) is 40.1 cm³/mol. The van der Waals surface area contributed by atoms with Crippen LogP contribution in [0.15, 0.2) is 0 Å². The molecule has 1 aliphatic rings. The summed E-state index contributed by atoms with van der Waals surface area (Å²) in [6, 6.07) is 0.389. The molecule has 0 aromatic carbocycles. The first kappa shape index (κ1) is 7.07. The van der Waals surface area contributed by atoms with E-state index >= 15 is 0 Å². The highest BCUT2D eigenvalue weighted by Gasteiger charge is 2.38. The van der Waals surface area contributed by atoms with Crippen LogP contribution in [0.25, 0.3) is 0 Å². The molecule has 0 aromatic heterocycles. The van der Waals surface area contributed by atoms with Crippen LogP contribution in [0.5, 0.6) is 0 Å². The zero-order valence-corrected chi connectivity index (χ0v) is 6.59. The third-order valence-electron chi connectivity index (χ3n) is 2.68. The molecule has 3 unspecified atom stereocenters. The van der Waals surface area contributed by atoms with Crippen LogP contribution in [-0.4, -0.2) is 6.04 Å². The van der Waals surface area contributed by atoms with Crippen LogP contribution in [0.2, 0.25) is 0 Å². The Morgan fingerprint density at radius 1 is 1.44 bits per heavy atom. The molecule has 0 heterocycles. The maximum absolute atomic E-state index is 5.74. The first-order valence-electron chi connectivity index (χ1n) is 3.88. The molecule has 1 saturated carbocycles. The quantitative estimate of drug-likeness (QED) is 0.599. The summed E-state index contributed by atoms with van der Waals surface area (Å²) >= 11 is 0. The highest BCUT2D eigenvalue weighted by Crippen LogP contribution is 2.44. The van der Waals surface area contributed by atoms with Crippen molar-refractivity contribution in [3.63, 3.8) is 0 Å². The Morgan fingerprint density at radius 2 is 1.89 bits per heavy atom. The fourth-order valence-corrected chi connectivity index (χ4v) is 1.47. The lowest BCUT2D eigenvalue weighted by atomic mass is 9.98. The van der Waals surface area contributed by atoms with Crippen molar-refractivity contribution in [3.8, 4) is 0 Å². The number of hydrogen-bond donors (Lipinski definition) is 1. The lowest BCUT2D eigenvalue weighted by molar-refractivity contribution is 0.412. The maximum Gasteiger partial charge on any atom is 0.00388 e. The molecular weight excluding hydrogens is 110 g/mol. The van der Waals surface area contributed by atoms with Crippen molar-refractivity contribution >= 4 is 0 Å². The van der Waals surface area contributed by atoms with E-state index in [9.17, 15) is 0 Å². The van der Waals surface area contributed by atoms with Gasteiger partial charge in [-0.1, -0.05) is 13.8 Å². The van der Waals surface area contributed by atoms with E-state index in [1.165, 1.54) is 6.42 Å². The van der Waals surface area contributed by atoms with E-state index in [4.69, 9.17) is 5.73 Å². The van der Waals surface area contributed by atoms with E-state index in [1.54, 1.807) is 0 Å². The molecule has 0 saturated heterocycles. The molecule has 0 spiro atoms. The van der Waals surface area contributed by atoms with E-state index in [1.807, 2.05) is 0 Å². The van der Waals surface area contributed by atoms with Crippen LogP contribution >= 0.6 is 0 Å². The monoisotopic (exact) mass is 127 g/mol. The lowest BCUT2D eigenvalue weighted by Gasteiger charge is -2.13. The smallest absolute Gasteiger partial charge is 0.00388 e. The van der Waals surface area contributed by atoms with E-state index in [0.717, 1.165) is 17.8 Å². The summed E-state index contributed by atoms with van der Waals surface area (Å²) in [5, 5.41) is 0. The molecule has 1 heteroatoms. The van der Waals surface area contributed by atoms with Crippen LogP contribution in [0.1, 0.15) is 27.2 Å². The first-order chi connectivity index (χ1) is 4.13. The minimum atomic E-state index is 0.389. The normalized spacial score (nSPS) is 40.0. The summed E-state index contributed by atoms with van der Waals surface area (Å²) in [4.78, 5) is 0. The van der Waals surface area contributed by atoms with Gasteiger partial charge in [-0.2, -0.15) is 0 Å². The predicted octanol–water partition coefficient (Wildman–Crippen LogP) is 1.63. The Bertz CT molecular complexity index is 98.7. The second-order valence-electron chi connectivity index (χ2n) is 3.60. The van der Waals surface area contributed by atoms with Gasteiger partial charge in [0.15, 0.2) is 0 Å². The van der Waals surface area contributed by atoms with Crippen LogP contribution in [0.4, 0.5) is 0 Å². The summed E-state index contributed by atoms with van der Waals surface area (Å²) in [5.41, 5.74) is 5.74. The van der Waals surface area contributed by atoms with Crippen LogP contribution in [-0.2, 0) is 0 Å². The molecule has 1 fully saturated rings. The Kier molecular flexibility index (Phi) is 1.80. The van der Waals surface area contributed by atoms with E-state index < -0.39 is 0 Å². The second kappa shape index (κ2) is 2.30. The number of nitrogens with two attached hydrogens (primary N) is 1. The average Bonchev–Trinajstić information content (AvgIpc) is 2.44. The molecule has 2 N–H and O–H groups in total. The van der Waals surface area contributed by atoms with Gasteiger partial charge in [-0.15, -0.1) is 0 Å². The van der Waals surface area contributed by atoms with Crippen molar-refractivity contribution in [1.29, 1.82) is 0 Å². The Balaban J connectivity index is 2.27. The SMILES string of the molecule is CC(N)C(C)C1C[C@H]1C. The summed E-state index contributed by atoms with van der Waals surface area (Å²) < 4.78 is 0. The highest BCUT2D eigenvalue weighted by molar-refractivity contribution is 4.89. The largest absolute Gasteiger partial charge is 0.328 e. The fraction of sp³-hybridized carbons (Fsp3) is 1.00. The Hall–Kier alpha value is -0.0400. The van der Waals surface area contributed by atoms with Crippen molar-refractivity contribution in [2.75, 3.05) is 0 Å². The third kappa shape index (κ3) is 1.45. The summed E-state index contributed by atoms with van der Waals surface area (Å²) in [5.74, 6) is 2.62. The highest BCUT2D eigenvalue weighted by atomic mass is 14.6. The Labute approximate surface area is 57.6 Å². The molecule has 1 rings (SSSR count). The van der Waals surface area contributed by atoms with Crippen LogP contribution in [0.3, 0.4) is 0 Å². The van der Waals surface area contributed by atoms with E-state index in [2.05, 4.69) is 20.8 Å². The zero-order chi connectivity index (χ0) is 7.02. The molecule has 0 radical (unpaired) electrons. The molecule has 0 amide bonds. The molecule has 1 aliphatic carbocycles. The topological polar surface area (TPSA) is 26.0 Å². The summed E-state index contributed by atoms with van der Waals surface area (Å²) in [7, 11) is 0. The van der Waals surface area contributed by atoms with Crippen molar-refractivity contribution < 1.29 is 0 Å². The molecule has 9 heavy (non-hydrogen) atoms. The van der Waals surface area contributed by atoms with Gasteiger partial charge in [0.05, 0.1) is 0 Å². The van der Waals surface area contributed by atoms with Crippen LogP contribution in [0, 0.1) is 17.8 Å². The van der Waals surface area contributed by atoms with Gasteiger partial charge < -0.3 is 5.73 Å². The van der Waals surface area contributed by atoms with Gasteiger partial charge in [0.1, 0.15) is 0 Å². The van der Waals surface area contributed by atoms with Gasteiger partial charge in [-0.25, -0.2) is 0 Å². The van der Waals surface area contributed by atoms with Crippen molar-refractivity contribution in [2.24, 2.45) is 23.5 Å². The average molecular weight is 127 g/mol. The molecule has 0 aliphatic heterocycles. The minimum absolute atomic E-state index is 0.389. The molecule has 0 bridgehead atoms. The van der Waals surface area contributed by atoms with Gasteiger partial charge in [-0.3, -0.25) is 0 Å². The summed E-state index contributed by atoms with van der Waals surface area (Å²) in [6.45, 7) is 6.68. The van der Waals surface area contributed by atoms with E-state index in [0.29, 0.717) is 6.04 Å². The molecule has 54 valence electrons. The molecular formula is C8H17N. The van der Waals surface area contributed by atoms with Crippen molar-refractivity contribution in [1.82, 2.24) is 0 Å². The number of hydrogen-bond acceptors (Lipinski definition) is 1. The number of rotatable bonds is 2. The minimum Gasteiger partial charge on any atom is -0.328 e. The third-order valence-corrected chi connectivity index (χ3v) is 2.68. The molecule has 4 atom stereocenters. The van der Waals surface area contributed by atoms with E-state index in [-0.39, 0.29) is 0 Å². The van der Waals surface area contributed by atoms with Crippen molar-refractivity contribution in [3.05, 3.63) is 0 Å². The van der Waals surface area contributed by atoms with Gasteiger partial charge in [0, 0.05) is 6.04 Å². The van der Waals surface area contributed by atoms with Crippen molar-refractivity contribution in [2.45, 2.75) is 33.2 Å². The first-order valence-corrected chi connectivity index (χ1v) is 3.88. The second-order valence-corrected chi connectivity index (χ2v) is 3.60. The van der Waals surface area contributed by atoms with Gasteiger partial charge >= 0.3 is 0 Å². The van der Waals surface area contributed by atoms with Gasteiger partial charge in [-0.05, 0) is 31.1 Å². The molecule has 0 aromatic rings. The van der Waals surface area contributed by atoms with Crippen LogP contribution < -0.4 is 5.73 Å². The van der Waals surface area contributed by atoms with Gasteiger partial charge in [0.25, 0.3) is 0 Å². The molecule has 1 nitrogen and oxygen atoms in total. The summed E-state index contributed by atoms with van der Waals surface area (Å²) in [6.07, 6.45) is 1.41. The van der Waals surface area contributed by atoms with Gasteiger partial charge in [0.2, 0.25) is 0 Å².